The fourth-order valence-electron chi connectivity index (χ4n) is 2.64. The molecule has 0 bridgehead atoms. The molecular weight excluding hydrogens is 284 g/mol. The summed E-state index contributed by atoms with van der Waals surface area (Å²) in [6, 6.07) is 10.6. The molecule has 4 nitrogen and oxygen atoms in total. The van der Waals surface area contributed by atoms with Crippen molar-refractivity contribution in [1.29, 1.82) is 0 Å². The van der Waals surface area contributed by atoms with Crippen molar-refractivity contribution < 1.29 is 0 Å². The van der Waals surface area contributed by atoms with Crippen LogP contribution in [0.15, 0.2) is 30.3 Å². The van der Waals surface area contributed by atoms with E-state index in [0.717, 1.165) is 30.5 Å². The molecule has 0 saturated carbocycles. The van der Waals surface area contributed by atoms with Crippen LogP contribution in [-0.2, 0) is 0 Å². The van der Waals surface area contributed by atoms with Gasteiger partial charge in [-0.15, -0.1) is 0 Å². The van der Waals surface area contributed by atoms with Crippen molar-refractivity contribution >= 4 is 17.3 Å². The molecule has 0 aliphatic rings. The van der Waals surface area contributed by atoms with E-state index >= 15 is 0 Å². The van der Waals surface area contributed by atoms with Crippen LogP contribution in [0, 0.1) is 13.8 Å². The molecule has 0 aliphatic carbocycles. The summed E-state index contributed by atoms with van der Waals surface area (Å²) in [6.07, 6.45) is 3.64. The van der Waals surface area contributed by atoms with Crippen LogP contribution in [-0.4, -0.2) is 23.1 Å². The molecule has 0 saturated heterocycles. The maximum atomic E-state index is 4.63. The lowest BCUT2D eigenvalue weighted by Gasteiger charge is -2.23. The standard InChI is InChI=1S/C19H28N4/c1-5-7-8-12-20-18-14-19(22-16(4)21-18)23(6-2)17-11-9-10-15(3)13-17/h9-11,13-14H,5-8,12H2,1-4H3,(H,20,21,22). The molecule has 1 aromatic carbocycles. The lowest BCUT2D eigenvalue weighted by molar-refractivity contribution is 0.741. The van der Waals surface area contributed by atoms with E-state index in [2.05, 4.69) is 65.2 Å². The summed E-state index contributed by atoms with van der Waals surface area (Å²) < 4.78 is 0. The quantitative estimate of drug-likeness (QED) is 0.707. The molecule has 1 aromatic heterocycles. The highest BCUT2D eigenvalue weighted by Crippen LogP contribution is 2.25. The van der Waals surface area contributed by atoms with Crippen molar-refractivity contribution in [3.63, 3.8) is 0 Å². The SMILES string of the molecule is CCCCCNc1cc(N(CC)c2cccc(C)c2)nc(C)n1. The molecule has 2 aromatic rings. The molecule has 1 heterocycles. The first-order valence-electron chi connectivity index (χ1n) is 8.57. The van der Waals surface area contributed by atoms with Gasteiger partial charge in [0.1, 0.15) is 17.5 Å². The van der Waals surface area contributed by atoms with E-state index in [9.17, 15) is 0 Å². The molecule has 1 N–H and O–H groups in total. The molecule has 0 radical (unpaired) electrons. The number of anilines is 3. The first-order chi connectivity index (χ1) is 11.1. The maximum Gasteiger partial charge on any atom is 0.138 e. The number of aryl methyl sites for hydroxylation is 2. The zero-order valence-electron chi connectivity index (χ0n) is 14.8. The van der Waals surface area contributed by atoms with Crippen molar-refractivity contribution in [2.45, 2.75) is 47.0 Å². The van der Waals surface area contributed by atoms with Gasteiger partial charge in [0.25, 0.3) is 0 Å². The van der Waals surface area contributed by atoms with Gasteiger partial charge in [-0.1, -0.05) is 31.9 Å². The zero-order valence-corrected chi connectivity index (χ0v) is 14.8. The Bertz CT molecular complexity index is 625. The number of rotatable bonds is 8. The smallest absolute Gasteiger partial charge is 0.138 e. The van der Waals surface area contributed by atoms with Gasteiger partial charge in [0.15, 0.2) is 0 Å². The van der Waals surface area contributed by atoms with E-state index in [1.54, 1.807) is 0 Å². The van der Waals surface area contributed by atoms with Crippen LogP contribution in [0.5, 0.6) is 0 Å². The summed E-state index contributed by atoms with van der Waals surface area (Å²) in [5.74, 6) is 2.66. The van der Waals surface area contributed by atoms with Gasteiger partial charge in [0.2, 0.25) is 0 Å². The van der Waals surface area contributed by atoms with Crippen LogP contribution in [0.2, 0.25) is 0 Å². The minimum atomic E-state index is 0.798. The molecular formula is C19H28N4. The number of aromatic nitrogens is 2. The minimum absolute atomic E-state index is 0.798. The van der Waals surface area contributed by atoms with Gasteiger partial charge < -0.3 is 10.2 Å². The number of benzene rings is 1. The van der Waals surface area contributed by atoms with E-state index in [4.69, 9.17) is 0 Å². The van der Waals surface area contributed by atoms with Crippen molar-refractivity contribution in [3.05, 3.63) is 41.7 Å². The van der Waals surface area contributed by atoms with E-state index in [1.807, 2.05) is 13.0 Å². The summed E-state index contributed by atoms with van der Waals surface area (Å²) in [4.78, 5) is 11.4. The summed E-state index contributed by atoms with van der Waals surface area (Å²) in [5, 5.41) is 3.42. The summed E-state index contributed by atoms with van der Waals surface area (Å²) >= 11 is 0. The Kier molecular flexibility index (Phi) is 6.39. The largest absolute Gasteiger partial charge is 0.370 e. The maximum absolute atomic E-state index is 4.63. The van der Waals surface area contributed by atoms with Gasteiger partial charge in [-0.25, -0.2) is 9.97 Å². The van der Waals surface area contributed by atoms with Gasteiger partial charge >= 0.3 is 0 Å². The Morgan fingerprint density at radius 2 is 1.87 bits per heavy atom. The molecule has 0 atom stereocenters. The summed E-state index contributed by atoms with van der Waals surface area (Å²) in [5.41, 5.74) is 2.42. The number of nitrogens with zero attached hydrogens (tertiary/aromatic N) is 3. The van der Waals surface area contributed by atoms with Crippen LogP contribution < -0.4 is 10.2 Å². The Morgan fingerprint density at radius 3 is 2.57 bits per heavy atom. The lowest BCUT2D eigenvalue weighted by atomic mass is 10.2. The van der Waals surface area contributed by atoms with Gasteiger partial charge in [-0.3, -0.25) is 0 Å². The Balaban J connectivity index is 2.21. The molecule has 124 valence electrons. The zero-order chi connectivity index (χ0) is 16.7. The highest BCUT2D eigenvalue weighted by atomic mass is 15.2. The van der Waals surface area contributed by atoms with Crippen molar-refractivity contribution in [2.75, 3.05) is 23.3 Å². The second-order valence-corrected chi connectivity index (χ2v) is 5.88. The van der Waals surface area contributed by atoms with E-state index in [1.165, 1.54) is 30.5 Å². The number of hydrogen-bond donors (Lipinski definition) is 1. The van der Waals surface area contributed by atoms with Gasteiger partial charge in [-0.2, -0.15) is 0 Å². The monoisotopic (exact) mass is 312 g/mol. The van der Waals surface area contributed by atoms with Crippen LogP contribution in [0.1, 0.15) is 44.5 Å². The normalized spacial score (nSPS) is 10.6. The molecule has 0 unspecified atom stereocenters. The number of unbranched alkanes of at least 4 members (excludes halogenated alkanes) is 2. The summed E-state index contributed by atoms with van der Waals surface area (Å²) in [7, 11) is 0. The average Bonchev–Trinajstić information content (AvgIpc) is 2.52. The highest BCUT2D eigenvalue weighted by molar-refractivity contribution is 5.63. The Hall–Kier alpha value is -2.10. The van der Waals surface area contributed by atoms with E-state index < -0.39 is 0 Å². The third-order valence-electron chi connectivity index (χ3n) is 3.82. The van der Waals surface area contributed by atoms with Crippen molar-refractivity contribution in [3.8, 4) is 0 Å². The average molecular weight is 312 g/mol. The second-order valence-electron chi connectivity index (χ2n) is 5.88. The molecule has 2 rings (SSSR count). The first kappa shape index (κ1) is 17.3. The molecule has 23 heavy (non-hydrogen) atoms. The predicted molar refractivity (Wildman–Crippen MR) is 98.6 cm³/mol. The lowest BCUT2D eigenvalue weighted by Crippen LogP contribution is -2.18. The van der Waals surface area contributed by atoms with Crippen molar-refractivity contribution in [2.24, 2.45) is 0 Å². The van der Waals surface area contributed by atoms with Gasteiger partial charge in [0, 0.05) is 24.8 Å². The van der Waals surface area contributed by atoms with Crippen LogP contribution >= 0.6 is 0 Å². The third-order valence-corrected chi connectivity index (χ3v) is 3.82. The van der Waals surface area contributed by atoms with E-state index in [-0.39, 0.29) is 0 Å². The minimum Gasteiger partial charge on any atom is -0.370 e. The van der Waals surface area contributed by atoms with Crippen molar-refractivity contribution in [1.82, 2.24) is 9.97 Å². The predicted octanol–water partition coefficient (Wildman–Crippen LogP) is 4.85. The van der Waals surface area contributed by atoms with Gasteiger partial charge in [0.05, 0.1) is 0 Å². The Labute approximate surface area is 140 Å². The third kappa shape index (κ3) is 4.95. The fourth-order valence-corrected chi connectivity index (χ4v) is 2.64. The number of hydrogen-bond acceptors (Lipinski definition) is 4. The van der Waals surface area contributed by atoms with Crippen LogP contribution in [0.3, 0.4) is 0 Å². The summed E-state index contributed by atoms with van der Waals surface area (Å²) in [6.45, 7) is 10.3. The van der Waals surface area contributed by atoms with Gasteiger partial charge in [-0.05, 0) is 44.9 Å². The highest BCUT2D eigenvalue weighted by Gasteiger charge is 2.11. The molecule has 0 amide bonds. The fraction of sp³-hybridized carbons (Fsp3) is 0.474. The van der Waals surface area contributed by atoms with Crippen LogP contribution in [0.25, 0.3) is 0 Å². The molecule has 0 spiro atoms. The Morgan fingerprint density at radius 1 is 1.04 bits per heavy atom. The molecule has 0 fully saturated rings. The molecule has 4 heteroatoms. The second kappa shape index (κ2) is 8.51. The first-order valence-corrected chi connectivity index (χ1v) is 8.57. The van der Waals surface area contributed by atoms with Crippen LogP contribution in [0.4, 0.5) is 17.3 Å². The topological polar surface area (TPSA) is 41.0 Å². The number of nitrogens with one attached hydrogen (secondary N) is 1. The van der Waals surface area contributed by atoms with E-state index in [0.29, 0.717) is 0 Å². The molecule has 0 aliphatic heterocycles.